The van der Waals surface area contributed by atoms with Crippen LogP contribution in [0.5, 0.6) is 5.75 Å². The Morgan fingerprint density at radius 1 is 1.06 bits per heavy atom. The number of ether oxygens (including phenoxy) is 1. The maximum atomic E-state index is 12.9. The zero-order chi connectivity index (χ0) is 23.7. The first-order valence-corrected chi connectivity index (χ1v) is 12.8. The molecule has 1 atom stereocenters. The van der Waals surface area contributed by atoms with E-state index in [9.17, 15) is 13.2 Å². The summed E-state index contributed by atoms with van der Waals surface area (Å²) in [6.07, 6.45) is 3.70. The molecule has 0 saturated carbocycles. The van der Waals surface area contributed by atoms with Gasteiger partial charge in [-0.25, -0.2) is 17.8 Å². The van der Waals surface area contributed by atoms with E-state index in [1.54, 1.807) is 23.0 Å². The van der Waals surface area contributed by atoms with Crippen LogP contribution >= 0.6 is 0 Å². The van der Waals surface area contributed by atoms with E-state index in [0.717, 1.165) is 38.2 Å². The van der Waals surface area contributed by atoms with Crippen LogP contribution in [-0.2, 0) is 10.0 Å². The molecule has 3 aliphatic rings. The molecule has 3 aliphatic heterocycles. The van der Waals surface area contributed by atoms with Gasteiger partial charge < -0.3 is 15.0 Å². The Kier molecular flexibility index (Phi) is 6.11. The van der Waals surface area contributed by atoms with Crippen LogP contribution in [0.25, 0.3) is 5.69 Å². The van der Waals surface area contributed by atoms with Gasteiger partial charge in [0, 0.05) is 18.3 Å². The van der Waals surface area contributed by atoms with Gasteiger partial charge in [0.1, 0.15) is 0 Å². The number of methoxy groups -OCH3 is 1. The van der Waals surface area contributed by atoms with E-state index in [0.29, 0.717) is 17.4 Å². The molecule has 9 nitrogen and oxygen atoms in total. The van der Waals surface area contributed by atoms with Gasteiger partial charge in [0.2, 0.25) is 10.0 Å². The summed E-state index contributed by atoms with van der Waals surface area (Å²) in [6.45, 7) is 2.85. The zero-order valence-electron chi connectivity index (χ0n) is 18.8. The first-order chi connectivity index (χ1) is 16.4. The molecule has 3 saturated heterocycles. The average Bonchev–Trinajstić information content (AvgIpc) is 3.30. The second kappa shape index (κ2) is 9.21. The largest absolute Gasteiger partial charge is 0.493 e. The third-order valence-corrected chi connectivity index (χ3v) is 8.03. The van der Waals surface area contributed by atoms with Crippen LogP contribution in [-0.4, -0.2) is 61.8 Å². The first kappa shape index (κ1) is 22.6. The van der Waals surface area contributed by atoms with E-state index in [4.69, 9.17) is 4.74 Å². The number of piperidine rings is 3. The van der Waals surface area contributed by atoms with Gasteiger partial charge in [-0.1, -0.05) is 18.2 Å². The van der Waals surface area contributed by atoms with Gasteiger partial charge in [0.15, 0.2) is 11.4 Å². The van der Waals surface area contributed by atoms with Crippen LogP contribution in [0.15, 0.2) is 65.7 Å². The van der Waals surface area contributed by atoms with Crippen LogP contribution in [0.1, 0.15) is 23.3 Å². The third kappa shape index (κ3) is 4.56. The minimum atomic E-state index is -3.64. The van der Waals surface area contributed by atoms with Gasteiger partial charge in [0.05, 0.1) is 23.9 Å². The number of aromatic nitrogens is 2. The van der Waals surface area contributed by atoms with Crippen molar-refractivity contribution in [1.29, 1.82) is 0 Å². The molecule has 10 heteroatoms. The number of carbonyl (C=O) groups excluding carboxylic acids is 1. The maximum absolute atomic E-state index is 12.9. The second-order valence-electron chi connectivity index (χ2n) is 8.67. The number of rotatable bonds is 7. The highest BCUT2D eigenvalue weighted by Crippen LogP contribution is 2.29. The zero-order valence-corrected chi connectivity index (χ0v) is 19.7. The predicted molar refractivity (Wildman–Crippen MR) is 128 cm³/mol. The average molecular weight is 482 g/mol. The Hall–Kier alpha value is -3.21. The molecule has 1 aromatic heterocycles. The summed E-state index contributed by atoms with van der Waals surface area (Å²) < 4.78 is 35.6. The Morgan fingerprint density at radius 2 is 1.76 bits per heavy atom. The van der Waals surface area contributed by atoms with Crippen molar-refractivity contribution < 1.29 is 17.9 Å². The number of anilines is 1. The number of benzene rings is 2. The number of carbonyl (C=O) groups is 1. The van der Waals surface area contributed by atoms with E-state index in [-0.39, 0.29) is 16.6 Å². The number of hydrogen-bond acceptors (Lipinski definition) is 6. The van der Waals surface area contributed by atoms with Crippen molar-refractivity contribution in [3.8, 4) is 11.4 Å². The van der Waals surface area contributed by atoms with Crippen LogP contribution in [0.2, 0.25) is 0 Å². The van der Waals surface area contributed by atoms with Crippen molar-refractivity contribution in [2.75, 3.05) is 32.1 Å². The molecule has 4 heterocycles. The number of hydrogen-bond donors (Lipinski definition) is 2. The molecule has 178 valence electrons. The number of nitrogens with one attached hydrogen (secondary N) is 2. The van der Waals surface area contributed by atoms with Crippen molar-refractivity contribution in [2.24, 2.45) is 5.92 Å². The highest BCUT2D eigenvalue weighted by molar-refractivity contribution is 7.89. The van der Waals surface area contributed by atoms with E-state index in [1.807, 2.05) is 30.3 Å². The number of nitrogens with zero attached hydrogens (tertiary/aromatic N) is 3. The van der Waals surface area contributed by atoms with Crippen LogP contribution in [0.3, 0.4) is 0 Å². The van der Waals surface area contributed by atoms with Crippen LogP contribution in [0.4, 0.5) is 5.69 Å². The van der Waals surface area contributed by atoms with Gasteiger partial charge in [0.25, 0.3) is 5.91 Å². The summed E-state index contributed by atoms with van der Waals surface area (Å²) >= 11 is 0. The molecule has 3 fully saturated rings. The Labute approximate surface area is 198 Å². The molecular formula is C24H27N5O4S. The van der Waals surface area contributed by atoms with Crippen molar-refractivity contribution in [1.82, 2.24) is 19.4 Å². The fraction of sp³-hybridized carbons (Fsp3) is 0.333. The summed E-state index contributed by atoms with van der Waals surface area (Å²) in [5, 5.41) is 7.12. The molecule has 1 amide bonds. The quantitative estimate of drug-likeness (QED) is 0.537. The number of sulfonamides is 1. The van der Waals surface area contributed by atoms with Crippen LogP contribution < -0.4 is 14.8 Å². The molecule has 2 N–H and O–H groups in total. The van der Waals surface area contributed by atoms with Gasteiger partial charge >= 0.3 is 0 Å². The Morgan fingerprint density at radius 3 is 2.38 bits per heavy atom. The lowest BCUT2D eigenvalue weighted by atomic mass is 9.85. The molecule has 6 rings (SSSR count). The highest BCUT2D eigenvalue weighted by atomic mass is 32.2. The van der Waals surface area contributed by atoms with Crippen molar-refractivity contribution in [3.05, 3.63) is 66.5 Å². The Bertz CT molecular complexity index is 1270. The summed E-state index contributed by atoms with van der Waals surface area (Å²) in [5.74, 6) is 0.277. The Balaban J connectivity index is 1.28. The minimum absolute atomic E-state index is 0.0564. The molecule has 3 aromatic rings. The van der Waals surface area contributed by atoms with Gasteiger partial charge in [-0.15, -0.1) is 0 Å². The summed E-state index contributed by atoms with van der Waals surface area (Å²) in [4.78, 5) is 15.3. The topological polar surface area (TPSA) is 106 Å². The summed E-state index contributed by atoms with van der Waals surface area (Å²) in [7, 11) is -2.17. The van der Waals surface area contributed by atoms with E-state index in [2.05, 4.69) is 20.0 Å². The highest BCUT2D eigenvalue weighted by Gasteiger charge is 2.36. The molecule has 34 heavy (non-hydrogen) atoms. The molecule has 0 spiro atoms. The van der Waals surface area contributed by atoms with E-state index in [1.165, 1.54) is 19.2 Å². The fourth-order valence-corrected chi connectivity index (χ4v) is 5.95. The number of para-hydroxylation sites is 1. The first-order valence-electron chi connectivity index (χ1n) is 11.3. The molecule has 0 aliphatic carbocycles. The molecule has 0 unspecified atom stereocenters. The lowest BCUT2D eigenvalue weighted by Gasteiger charge is -2.44. The maximum Gasteiger partial charge on any atom is 0.280 e. The standard InChI is InChI=1S/C24H27N5O4S/c1-33-22-16-29(19-5-3-2-4-6-19)26-23(22)24(30)25-18-7-9-20(10-8-18)34(31,32)27-21-15-28-13-11-17(21)12-14-28/h2-10,16-17,21,27H,11-15H2,1H3,(H,25,30)/t21-/m0/s1. The van der Waals surface area contributed by atoms with E-state index >= 15 is 0 Å². The fourth-order valence-electron chi connectivity index (χ4n) is 4.65. The number of amides is 1. The SMILES string of the molecule is COc1cn(-c2ccccc2)nc1C(=O)Nc1ccc(S(=O)(=O)N[C@H]2CN3CCC2CC3)cc1. The minimum Gasteiger partial charge on any atom is -0.493 e. The third-order valence-electron chi connectivity index (χ3n) is 6.52. The summed E-state index contributed by atoms with van der Waals surface area (Å²) in [6, 6.07) is 15.5. The molecule has 0 radical (unpaired) electrons. The molecular weight excluding hydrogens is 454 g/mol. The monoisotopic (exact) mass is 481 g/mol. The normalized spacial score (nSPS) is 21.9. The van der Waals surface area contributed by atoms with Gasteiger partial charge in [-0.2, -0.15) is 5.10 Å². The predicted octanol–water partition coefficient (Wildman–Crippen LogP) is 2.51. The van der Waals surface area contributed by atoms with Gasteiger partial charge in [-0.05, 0) is 68.2 Å². The number of fused-ring (bicyclic) bond motifs is 3. The van der Waals surface area contributed by atoms with Crippen molar-refractivity contribution in [3.63, 3.8) is 0 Å². The lowest BCUT2D eigenvalue weighted by Crippen LogP contribution is -2.57. The van der Waals surface area contributed by atoms with Crippen molar-refractivity contribution >= 4 is 21.6 Å². The molecule has 2 bridgehead atoms. The van der Waals surface area contributed by atoms with Crippen LogP contribution in [0, 0.1) is 5.92 Å². The molecule has 2 aromatic carbocycles. The second-order valence-corrected chi connectivity index (χ2v) is 10.4. The summed E-state index contributed by atoms with van der Waals surface area (Å²) in [5.41, 5.74) is 1.39. The van der Waals surface area contributed by atoms with Gasteiger partial charge in [-0.3, -0.25) is 4.79 Å². The van der Waals surface area contributed by atoms with E-state index < -0.39 is 15.9 Å². The van der Waals surface area contributed by atoms with Crippen molar-refractivity contribution in [2.45, 2.75) is 23.8 Å². The lowest BCUT2D eigenvalue weighted by molar-refractivity contribution is 0.0827. The smallest absolute Gasteiger partial charge is 0.280 e.